The number of hydrogen-bond acceptors (Lipinski definition) is 5. The first-order valence-corrected chi connectivity index (χ1v) is 12.5. The van der Waals surface area contributed by atoms with E-state index in [2.05, 4.69) is 40.6 Å². The van der Waals surface area contributed by atoms with E-state index in [0.717, 1.165) is 68.8 Å². The van der Waals surface area contributed by atoms with E-state index >= 15 is 0 Å². The topological polar surface area (TPSA) is 71.6 Å². The first-order chi connectivity index (χ1) is 16.3. The highest BCUT2D eigenvalue weighted by atomic mass is 16.2. The Kier molecular flexibility index (Phi) is 5.54. The summed E-state index contributed by atoms with van der Waals surface area (Å²) in [5, 5.41) is 2.25. The summed E-state index contributed by atoms with van der Waals surface area (Å²) in [5.41, 5.74) is 2.99. The van der Waals surface area contributed by atoms with Crippen LogP contribution in [0.5, 0.6) is 0 Å². The van der Waals surface area contributed by atoms with Crippen LogP contribution in [0.15, 0.2) is 30.7 Å². The van der Waals surface area contributed by atoms with Crippen molar-refractivity contribution in [3.63, 3.8) is 0 Å². The molecule has 3 aliphatic rings. The standard InChI is InChI=1S/C25H33N7O/c33-25(32-11-3-4-19(18-32)17-29-9-1-2-10-29)31-14-12-30(13-15-31)22-6-8-26-21-16-28-24-20(23(21)22)5-7-27-24/h5-8,16,19,26H,1-4,9-15,17-18H2. The molecule has 0 bridgehead atoms. The minimum absolute atomic E-state index is 0.235. The lowest BCUT2D eigenvalue weighted by Gasteiger charge is -2.41. The third-order valence-corrected chi connectivity index (χ3v) is 7.67. The van der Waals surface area contributed by atoms with Gasteiger partial charge in [0.1, 0.15) is 0 Å². The lowest BCUT2D eigenvalue weighted by Crippen LogP contribution is -2.55. The lowest BCUT2D eigenvalue weighted by molar-refractivity contribution is 0.116. The number of nitrogens with one attached hydrogen (secondary N) is 1. The van der Waals surface area contributed by atoms with E-state index in [1.54, 1.807) is 0 Å². The third kappa shape index (κ3) is 4.01. The number of likely N-dealkylation sites (tertiary alicyclic amines) is 2. The quantitative estimate of drug-likeness (QED) is 0.668. The van der Waals surface area contributed by atoms with Gasteiger partial charge in [0, 0.05) is 74.7 Å². The fraction of sp³-hybridized carbons (Fsp3) is 0.560. The average Bonchev–Trinajstić information content (AvgIpc) is 3.55. The van der Waals surface area contributed by atoms with Gasteiger partial charge in [0.2, 0.25) is 0 Å². The summed E-state index contributed by atoms with van der Waals surface area (Å²) in [7, 11) is 0. The van der Waals surface area contributed by atoms with Crippen LogP contribution in [0.4, 0.5) is 10.5 Å². The van der Waals surface area contributed by atoms with E-state index in [-0.39, 0.29) is 6.03 Å². The number of fused-ring (bicyclic) bond motifs is 3. The van der Waals surface area contributed by atoms with Gasteiger partial charge in [0.25, 0.3) is 0 Å². The fourth-order valence-electron chi connectivity index (χ4n) is 5.96. The van der Waals surface area contributed by atoms with Gasteiger partial charge in [-0.3, -0.25) is 0 Å². The number of nitrogens with zero attached hydrogens (tertiary/aromatic N) is 6. The highest BCUT2D eigenvalue weighted by Crippen LogP contribution is 2.32. The fourth-order valence-corrected chi connectivity index (χ4v) is 5.96. The number of amides is 2. The van der Waals surface area contributed by atoms with Gasteiger partial charge in [-0.15, -0.1) is 0 Å². The maximum Gasteiger partial charge on any atom is 0.320 e. The van der Waals surface area contributed by atoms with Gasteiger partial charge in [-0.25, -0.2) is 14.8 Å². The molecule has 1 N–H and O–H groups in total. The van der Waals surface area contributed by atoms with Crippen LogP contribution in [0.25, 0.3) is 21.9 Å². The van der Waals surface area contributed by atoms with E-state index in [0.29, 0.717) is 5.92 Å². The number of urea groups is 1. The largest absolute Gasteiger partial charge is 0.367 e. The maximum absolute atomic E-state index is 13.3. The molecule has 0 spiro atoms. The van der Waals surface area contributed by atoms with Gasteiger partial charge in [0.05, 0.1) is 11.7 Å². The van der Waals surface area contributed by atoms with Gasteiger partial charge in [-0.1, -0.05) is 0 Å². The smallest absolute Gasteiger partial charge is 0.320 e. The van der Waals surface area contributed by atoms with E-state index in [9.17, 15) is 4.79 Å². The molecule has 3 saturated heterocycles. The number of aromatic amines is 1. The zero-order valence-corrected chi connectivity index (χ0v) is 19.2. The Morgan fingerprint density at radius 2 is 1.82 bits per heavy atom. The number of rotatable bonds is 3. The average molecular weight is 448 g/mol. The number of hydrogen-bond donors (Lipinski definition) is 1. The Bertz CT molecular complexity index is 1130. The highest BCUT2D eigenvalue weighted by Gasteiger charge is 2.30. The third-order valence-electron chi connectivity index (χ3n) is 7.67. The number of carbonyl (C=O) groups is 1. The number of aromatic nitrogens is 3. The predicted molar refractivity (Wildman–Crippen MR) is 131 cm³/mol. The van der Waals surface area contributed by atoms with E-state index < -0.39 is 0 Å². The summed E-state index contributed by atoms with van der Waals surface area (Å²) >= 11 is 0. The molecular formula is C25H33N7O. The Hall–Kier alpha value is -2.87. The van der Waals surface area contributed by atoms with Crippen molar-refractivity contribution in [1.82, 2.24) is 29.7 Å². The molecule has 8 heteroatoms. The minimum atomic E-state index is 0.235. The molecule has 6 rings (SSSR count). The summed E-state index contributed by atoms with van der Waals surface area (Å²) in [5.74, 6) is 0.628. The number of piperidine rings is 1. The van der Waals surface area contributed by atoms with Crippen LogP contribution >= 0.6 is 0 Å². The van der Waals surface area contributed by atoms with Crippen molar-refractivity contribution in [2.24, 2.45) is 5.92 Å². The monoisotopic (exact) mass is 447 g/mol. The van der Waals surface area contributed by atoms with Crippen molar-refractivity contribution < 1.29 is 4.79 Å². The Morgan fingerprint density at radius 1 is 0.970 bits per heavy atom. The highest BCUT2D eigenvalue weighted by molar-refractivity contribution is 6.10. The molecule has 6 heterocycles. The number of carbonyl (C=O) groups excluding carboxylic acids is 1. The van der Waals surface area contributed by atoms with Crippen LogP contribution < -0.4 is 4.90 Å². The molecule has 33 heavy (non-hydrogen) atoms. The number of H-pyrrole nitrogens is 1. The van der Waals surface area contributed by atoms with Gasteiger partial charge >= 0.3 is 6.03 Å². The normalized spacial score (nSPS) is 22.5. The van der Waals surface area contributed by atoms with Crippen LogP contribution in [-0.4, -0.2) is 94.6 Å². The molecule has 3 aromatic heterocycles. The van der Waals surface area contributed by atoms with Crippen molar-refractivity contribution in [1.29, 1.82) is 0 Å². The molecule has 0 saturated carbocycles. The minimum Gasteiger partial charge on any atom is -0.367 e. The number of anilines is 1. The lowest BCUT2D eigenvalue weighted by atomic mass is 9.97. The molecule has 174 valence electrons. The van der Waals surface area contributed by atoms with Crippen LogP contribution in [-0.2, 0) is 0 Å². The molecule has 0 aromatic carbocycles. The van der Waals surface area contributed by atoms with Gasteiger partial charge in [-0.05, 0) is 56.8 Å². The molecule has 0 aliphatic carbocycles. The summed E-state index contributed by atoms with van der Waals surface area (Å²) in [6.45, 7) is 8.67. The molecule has 3 aliphatic heterocycles. The molecule has 3 aromatic rings. The van der Waals surface area contributed by atoms with Gasteiger partial charge in [0.15, 0.2) is 5.65 Å². The van der Waals surface area contributed by atoms with Crippen LogP contribution in [0.2, 0.25) is 0 Å². The summed E-state index contributed by atoms with van der Waals surface area (Å²) in [6, 6.07) is 4.41. The Morgan fingerprint density at radius 3 is 2.67 bits per heavy atom. The first kappa shape index (κ1) is 20.7. The second-order valence-electron chi connectivity index (χ2n) is 9.81. The second kappa shape index (κ2) is 8.82. The van der Waals surface area contributed by atoms with Gasteiger partial charge < -0.3 is 24.6 Å². The molecule has 0 radical (unpaired) electrons. The Labute approximate surface area is 194 Å². The molecule has 1 atom stereocenters. The van der Waals surface area contributed by atoms with Crippen molar-refractivity contribution in [3.8, 4) is 0 Å². The summed E-state index contributed by atoms with van der Waals surface area (Å²) < 4.78 is 0. The molecule has 3 fully saturated rings. The number of piperazine rings is 1. The van der Waals surface area contributed by atoms with Crippen LogP contribution in [0, 0.1) is 5.92 Å². The molecule has 2 amide bonds. The molecule has 1 unspecified atom stereocenters. The van der Waals surface area contributed by atoms with E-state index in [4.69, 9.17) is 0 Å². The summed E-state index contributed by atoms with van der Waals surface area (Å²) in [6.07, 6.45) is 10.7. The predicted octanol–water partition coefficient (Wildman–Crippen LogP) is 3.16. The van der Waals surface area contributed by atoms with Crippen molar-refractivity contribution >= 4 is 33.7 Å². The first-order valence-electron chi connectivity index (χ1n) is 12.5. The van der Waals surface area contributed by atoms with Crippen molar-refractivity contribution in [3.05, 3.63) is 30.7 Å². The number of pyridine rings is 2. The van der Waals surface area contributed by atoms with Crippen molar-refractivity contribution in [2.45, 2.75) is 25.7 Å². The molecular weight excluding hydrogens is 414 g/mol. The van der Waals surface area contributed by atoms with Crippen molar-refractivity contribution in [2.75, 3.05) is 63.8 Å². The zero-order valence-electron chi connectivity index (χ0n) is 19.2. The second-order valence-corrected chi connectivity index (χ2v) is 9.81. The summed E-state index contributed by atoms with van der Waals surface area (Å²) in [4.78, 5) is 34.7. The van der Waals surface area contributed by atoms with E-state index in [1.165, 1.54) is 43.4 Å². The van der Waals surface area contributed by atoms with Crippen LogP contribution in [0.1, 0.15) is 25.7 Å². The maximum atomic E-state index is 13.3. The Balaban J connectivity index is 1.12. The SMILES string of the molecule is O=C(N1CCN(c2cc[nH]c3cnc4nccc4c23)CC1)N1CCCC(CN2CCCC2)C1. The zero-order chi connectivity index (χ0) is 22.2. The van der Waals surface area contributed by atoms with Crippen LogP contribution in [0.3, 0.4) is 0 Å². The van der Waals surface area contributed by atoms with Gasteiger partial charge in [-0.2, -0.15) is 0 Å². The molecule has 8 nitrogen and oxygen atoms in total. The van der Waals surface area contributed by atoms with E-state index in [1.807, 2.05) is 24.7 Å².